The fourth-order valence-electron chi connectivity index (χ4n) is 3.11. The quantitative estimate of drug-likeness (QED) is 0.594. The van der Waals surface area contributed by atoms with E-state index in [-0.39, 0.29) is 0 Å². The van der Waals surface area contributed by atoms with E-state index in [2.05, 4.69) is 34.6 Å². The van der Waals surface area contributed by atoms with E-state index < -0.39 is 0 Å². The van der Waals surface area contributed by atoms with Gasteiger partial charge in [0, 0.05) is 0 Å². The van der Waals surface area contributed by atoms with Crippen LogP contribution in [-0.4, -0.2) is 0 Å². The van der Waals surface area contributed by atoms with Crippen LogP contribution in [0.3, 0.4) is 0 Å². The lowest BCUT2D eigenvalue weighted by molar-refractivity contribution is 0.00859. The van der Waals surface area contributed by atoms with E-state index in [0.717, 1.165) is 5.92 Å². The first-order valence-corrected chi connectivity index (χ1v) is 6.47. The monoisotopic (exact) mass is 196 g/mol. The zero-order valence-electron chi connectivity index (χ0n) is 10.8. The lowest BCUT2D eigenvalue weighted by Crippen LogP contribution is -2.39. The largest absolute Gasteiger partial charge is 0.0648 e. The van der Waals surface area contributed by atoms with Crippen LogP contribution in [0.4, 0.5) is 0 Å². The first-order valence-electron chi connectivity index (χ1n) is 6.47. The Morgan fingerprint density at radius 1 is 1.14 bits per heavy atom. The normalized spacial score (nSPS) is 34.5. The van der Waals surface area contributed by atoms with Crippen molar-refractivity contribution in [1.29, 1.82) is 0 Å². The second-order valence-corrected chi connectivity index (χ2v) is 6.01. The lowest BCUT2D eigenvalue weighted by Gasteiger charge is -2.50. The smallest absolute Gasteiger partial charge is 0.0272 e. The average Bonchev–Trinajstić information content (AvgIpc) is 2.21. The molecule has 0 heteroatoms. The molecular formula is C14H28. The second-order valence-electron chi connectivity index (χ2n) is 6.01. The van der Waals surface area contributed by atoms with E-state index in [1.807, 2.05) is 0 Å². The van der Waals surface area contributed by atoms with Gasteiger partial charge in [-0.1, -0.05) is 60.3 Å². The Balaban J connectivity index is 2.73. The van der Waals surface area contributed by atoms with Crippen LogP contribution in [0.25, 0.3) is 0 Å². The van der Waals surface area contributed by atoms with E-state index in [9.17, 15) is 0 Å². The molecule has 0 spiro atoms. The molecule has 1 saturated carbocycles. The highest BCUT2D eigenvalue weighted by atomic mass is 14.5. The molecule has 0 aromatic rings. The van der Waals surface area contributed by atoms with E-state index in [1.165, 1.54) is 38.5 Å². The molecule has 0 radical (unpaired) electrons. The summed E-state index contributed by atoms with van der Waals surface area (Å²) < 4.78 is 0. The molecule has 0 aromatic heterocycles. The standard InChI is InChI=1S/C14H28/c1-6-13(4,7-2)14(5)10-8-12(3)9-11-14/h12H,6-11H2,1-5H3. The fourth-order valence-corrected chi connectivity index (χ4v) is 3.11. The molecule has 0 aliphatic heterocycles. The van der Waals surface area contributed by atoms with Crippen molar-refractivity contribution in [2.45, 2.75) is 73.1 Å². The second kappa shape index (κ2) is 4.24. The van der Waals surface area contributed by atoms with Gasteiger partial charge in [-0.2, -0.15) is 0 Å². The predicted octanol–water partition coefficient (Wildman–Crippen LogP) is 5.03. The SMILES string of the molecule is CCC(C)(CC)C1(C)CCC(C)CC1. The summed E-state index contributed by atoms with van der Waals surface area (Å²) in [5, 5.41) is 0. The van der Waals surface area contributed by atoms with Gasteiger partial charge in [0.05, 0.1) is 0 Å². The molecule has 0 nitrogen and oxygen atoms in total. The molecule has 1 rings (SSSR count). The van der Waals surface area contributed by atoms with Crippen molar-refractivity contribution in [2.75, 3.05) is 0 Å². The molecule has 0 heterocycles. The van der Waals surface area contributed by atoms with Gasteiger partial charge in [0.2, 0.25) is 0 Å². The molecule has 1 aliphatic rings. The maximum Gasteiger partial charge on any atom is -0.0272 e. The molecule has 0 bridgehead atoms. The highest BCUT2D eigenvalue weighted by Gasteiger charge is 2.43. The van der Waals surface area contributed by atoms with Crippen molar-refractivity contribution in [1.82, 2.24) is 0 Å². The Morgan fingerprint density at radius 2 is 1.57 bits per heavy atom. The maximum atomic E-state index is 2.53. The van der Waals surface area contributed by atoms with Gasteiger partial charge in [-0.25, -0.2) is 0 Å². The summed E-state index contributed by atoms with van der Waals surface area (Å²) in [6, 6.07) is 0. The Labute approximate surface area is 90.5 Å². The van der Waals surface area contributed by atoms with Gasteiger partial charge in [-0.05, 0) is 29.6 Å². The van der Waals surface area contributed by atoms with Crippen LogP contribution in [0.2, 0.25) is 0 Å². The van der Waals surface area contributed by atoms with Crippen LogP contribution in [0.15, 0.2) is 0 Å². The number of hydrogen-bond acceptors (Lipinski definition) is 0. The van der Waals surface area contributed by atoms with Gasteiger partial charge in [-0.3, -0.25) is 0 Å². The average molecular weight is 196 g/mol. The molecule has 1 aliphatic carbocycles. The van der Waals surface area contributed by atoms with E-state index in [0.29, 0.717) is 10.8 Å². The van der Waals surface area contributed by atoms with Crippen LogP contribution < -0.4 is 0 Å². The predicted molar refractivity (Wildman–Crippen MR) is 64.4 cm³/mol. The van der Waals surface area contributed by atoms with Crippen molar-refractivity contribution in [2.24, 2.45) is 16.7 Å². The topological polar surface area (TPSA) is 0 Å². The molecule has 0 saturated heterocycles. The fraction of sp³-hybridized carbons (Fsp3) is 1.00. The van der Waals surface area contributed by atoms with Gasteiger partial charge < -0.3 is 0 Å². The van der Waals surface area contributed by atoms with E-state index in [1.54, 1.807) is 0 Å². The molecule has 0 aromatic carbocycles. The van der Waals surface area contributed by atoms with Gasteiger partial charge in [0.15, 0.2) is 0 Å². The summed E-state index contributed by atoms with van der Waals surface area (Å²) in [4.78, 5) is 0. The summed E-state index contributed by atoms with van der Waals surface area (Å²) in [7, 11) is 0. The Bertz CT molecular complexity index is 168. The van der Waals surface area contributed by atoms with Crippen LogP contribution in [-0.2, 0) is 0 Å². The summed E-state index contributed by atoms with van der Waals surface area (Å²) in [6.07, 6.45) is 8.49. The molecule has 0 atom stereocenters. The van der Waals surface area contributed by atoms with Gasteiger partial charge in [0.25, 0.3) is 0 Å². The Kier molecular flexibility index (Phi) is 3.66. The molecule has 1 fully saturated rings. The summed E-state index contributed by atoms with van der Waals surface area (Å²) in [6.45, 7) is 12.2. The van der Waals surface area contributed by atoms with Crippen LogP contribution in [0.5, 0.6) is 0 Å². The van der Waals surface area contributed by atoms with Crippen LogP contribution in [0, 0.1) is 16.7 Å². The summed E-state index contributed by atoms with van der Waals surface area (Å²) in [5.74, 6) is 0.973. The highest BCUT2D eigenvalue weighted by molar-refractivity contribution is 4.93. The minimum absolute atomic E-state index is 0.577. The van der Waals surface area contributed by atoms with E-state index in [4.69, 9.17) is 0 Å². The summed E-state index contributed by atoms with van der Waals surface area (Å²) >= 11 is 0. The zero-order valence-corrected chi connectivity index (χ0v) is 10.8. The minimum Gasteiger partial charge on any atom is -0.0648 e. The molecule has 14 heavy (non-hydrogen) atoms. The van der Waals surface area contributed by atoms with Crippen molar-refractivity contribution < 1.29 is 0 Å². The lowest BCUT2D eigenvalue weighted by atomic mass is 9.55. The van der Waals surface area contributed by atoms with Crippen molar-refractivity contribution in [3.8, 4) is 0 Å². The Hall–Kier alpha value is 0. The minimum atomic E-state index is 0.577. The van der Waals surface area contributed by atoms with Gasteiger partial charge in [0.1, 0.15) is 0 Å². The maximum absolute atomic E-state index is 2.53. The molecule has 0 amide bonds. The molecule has 0 N–H and O–H groups in total. The molecular weight excluding hydrogens is 168 g/mol. The summed E-state index contributed by atoms with van der Waals surface area (Å²) in [5.41, 5.74) is 1.19. The van der Waals surface area contributed by atoms with Crippen LogP contribution >= 0.6 is 0 Å². The zero-order chi connectivity index (χ0) is 10.8. The number of rotatable bonds is 3. The van der Waals surface area contributed by atoms with Crippen molar-refractivity contribution in [3.63, 3.8) is 0 Å². The highest BCUT2D eigenvalue weighted by Crippen LogP contribution is 2.53. The first-order chi connectivity index (χ1) is 6.47. The van der Waals surface area contributed by atoms with Crippen molar-refractivity contribution in [3.05, 3.63) is 0 Å². The van der Waals surface area contributed by atoms with Gasteiger partial charge in [-0.15, -0.1) is 0 Å². The van der Waals surface area contributed by atoms with Crippen LogP contribution in [0.1, 0.15) is 73.1 Å². The third-order valence-corrected chi connectivity index (χ3v) is 5.40. The number of hydrogen-bond donors (Lipinski definition) is 0. The third kappa shape index (κ3) is 1.99. The first kappa shape index (κ1) is 12.1. The molecule has 84 valence electrons. The van der Waals surface area contributed by atoms with Gasteiger partial charge >= 0.3 is 0 Å². The molecule has 0 unspecified atom stereocenters. The van der Waals surface area contributed by atoms with E-state index >= 15 is 0 Å². The third-order valence-electron chi connectivity index (χ3n) is 5.40. The van der Waals surface area contributed by atoms with Crippen molar-refractivity contribution >= 4 is 0 Å². The Morgan fingerprint density at radius 3 is 1.93 bits per heavy atom.